The molecule has 1 fully saturated rings. The molecule has 1 aliphatic heterocycles. The number of hydrogen-bond acceptors (Lipinski definition) is 2. The topological polar surface area (TPSA) is 49.4 Å². The van der Waals surface area contributed by atoms with Gasteiger partial charge in [-0.2, -0.15) is 0 Å². The van der Waals surface area contributed by atoms with Crippen molar-refractivity contribution in [3.05, 3.63) is 28.5 Å². The summed E-state index contributed by atoms with van der Waals surface area (Å²) in [7, 11) is 0. The molecule has 2 amide bonds. The lowest BCUT2D eigenvalue weighted by molar-refractivity contribution is -0.132. The molecule has 2 unspecified atom stereocenters. The van der Waals surface area contributed by atoms with Gasteiger partial charge in [0.05, 0.1) is 5.69 Å². The molecular weight excluding hydrogens is 327 g/mol. The van der Waals surface area contributed by atoms with E-state index in [4.69, 9.17) is 0 Å². The standard InChI is InChI=1S/C14H16BrFN2O2/c1-3-8(2)12-14(20)18(7-11(19)17-12)13-9(15)5-4-6-10(13)16/h4-6,8,12H,3,7H2,1-2H3,(H,17,19). The summed E-state index contributed by atoms with van der Waals surface area (Å²) in [5, 5.41) is 2.69. The molecule has 1 heterocycles. The summed E-state index contributed by atoms with van der Waals surface area (Å²) in [6.07, 6.45) is 0.753. The number of amides is 2. The molecular formula is C14H16BrFN2O2. The summed E-state index contributed by atoms with van der Waals surface area (Å²) in [4.78, 5) is 25.5. The summed E-state index contributed by atoms with van der Waals surface area (Å²) in [6, 6.07) is 3.87. The van der Waals surface area contributed by atoms with Crippen LogP contribution in [0.3, 0.4) is 0 Å². The monoisotopic (exact) mass is 342 g/mol. The van der Waals surface area contributed by atoms with Gasteiger partial charge in [-0.3, -0.25) is 14.5 Å². The number of piperazine rings is 1. The third-order valence-corrected chi connectivity index (χ3v) is 4.21. The van der Waals surface area contributed by atoms with E-state index in [2.05, 4.69) is 21.2 Å². The smallest absolute Gasteiger partial charge is 0.250 e. The minimum absolute atomic E-state index is 0.000186. The van der Waals surface area contributed by atoms with E-state index in [0.29, 0.717) is 4.47 Å². The van der Waals surface area contributed by atoms with E-state index < -0.39 is 11.9 Å². The maximum absolute atomic E-state index is 14.0. The van der Waals surface area contributed by atoms with E-state index in [-0.39, 0.29) is 30.0 Å². The summed E-state index contributed by atoms with van der Waals surface area (Å²) in [5.41, 5.74) is 0.126. The highest BCUT2D eigenvalue weighted by atomic mass is 79.9. The van der Waals surface area contributed by atoms with Gasteiger partial charge in [-0.1, -0.05) is 26.3 Å². The molecule has 0 radical (unpaired) electrons. The molecule has 4 nitrogen and oxygen atoms in total. The van der Waals surface area contributed by atoms with E-state index in [9.17, 15) is 14.0 Å². The Balaban J connectivity index is 2.40. The Hall–Kier alpha value is -1.43. The summed E-state index contributed by atoms with van der Waals surface area (Å²) in [6.45, 7) is 3.68. The SMILES string of the molecule is CCC(C)C1NC(=O)CN(c2c(F)cccc2Br)C1=O. The van der Waals surface area contributed by atoms with E-state index in [1.807, 2.05) is 13.8 Å². The second-order valence-corrected chi connectivity index (χ2v) is 5.78. The van der Waals surface area contributed by atoms with Gasteiger partial charge in [-0.25, -0.2) is 4.39 Å². The number of anilines is 1. The molecule has 0 aliphatic carbocycles. The molecule has 0 saturated carbocycles. The van der Waals surface area contributed by atoms with Crippen LogP contribution in [-0.4, -0.2) is 24.4 Å². The Morgan fingerprint density at radius 1 is 1.50 bits per heavy atom. The zero-order valence-electron chi connectivity index (χ0n) is 11.3. The first-order valence-electron chi connectivity index (χ1n) is 6.50. The van der Waals surface area contributed by atoms with Crippen molar-refractivity contribution in [1.82, 2.24) is 5.32 Å². The predicted molar refractivity (Wildman–Crippen MR) is 77.8 cm³/mol. The fraction of sp³-hybridized carbons (Fsp3) is 0.429. The van der Waals surface area contributed by atoms with Gasteiger partial charge in [0.15, 0.2) is 0 Å². The highest BCUT2D eigenvalue weighted by molar-refractivity contribution is 9.10. The van der Waals surface area contributed by atoms with E-state index in [0.717, 1.165) is 6.42 Å². The number of carbonyl (C=O) groups excluding carboxylic acids is 2. The van der Waals surface area contributed by atoms with E-state index in [1.165, 1.54) is 11.0 Å². The summed E-state index contributed by atoms with van der Waals surface area (Å²) in [5.74, 6) is -1.07. The molecule has 20 heavy (non-hydrogen) atoms. The van der Waals surface area contributed by atoms with Gasteiger partial charge in [-0.05, 0) is 34.0 Å². The molecule has 1 aliphatic rings. The Morgan fingerprint density at radius 3 is 2.80 bits per heavy atom. The zero-order valence-corrected chi connectivity index (χ0v) is 12.9. The van der Waals surface area contributed by atoms with Crippen LogP contribution in [0.25, 0.3) is 0 Å². The van der Waals surface area contributed by atoms with Gasteiger partial charge in [-0.15, -0.1) is 0 Å². The number of carbonyl (C=O) groups is 2. The van der Waals surface area contributed by atoms with Crippen LogP contribution in [0.4, 0.5) is 10.1 Å². The van der Waals surface area contributed by atoms with E-state index >= 15 is 0 Å². The lowest BCUT2D eigenvalue weighted by atomic mass is 9.96. The van der Waals surface area contributed by atoms with Crippen molar-refractivity contribution in [1.29, 1.82) is 0 Å². The zero-order chi connectivity index (χ0) is 14.9. The van der Waals surface area contributed by atoms with Crippen LogP contribution in [-0.2, 0) is 9.59 Å². The first-order valence-corrected chi connectivity index (χ1v) is 7.29. The Bertz CT molecular complexity index is 530. The molecule has 0 bridgehead atoms. The van der Waals surface area contributed by atoms with Crippen LogP contribution in [0, 0.1) is 11.7 Å². The number of nitrogens with one attached hydrogen (secondary N) is 1. The second-order valence-electron chi connectivity index (χ2n) is 4.93. The van der Waals surface area contributed by atoms with Gasteiger partial charge in [0.1, 0.15) is 18.4 Å². The maximum atomic E-state index is 14.0. The Kier molecular flexibility index (Phi) is 4.42. The Labute approximate surface area is 125 Å². The molecule has 2 rings (SSSR count). The minimum atomic E-state index is -0.604. The van der Waals surface area contributed by atoms with Crippen molar-refractivity contribution in [2.45, 2.75) is 26.3 Å². The van der Waals surface area contributed by atoms with Gasteiger partial charge in [0, 0.05) is 4.47 Å². The van der Waals surface area contributed by atoms with Crippen molar-refractivity contribution in [3.8, 4) is 0 Å². The third-order valence-electron chi connectivity index (χ3n) is 3.57. The number of rotatable bonds is 3. The first-order chi connectivity index (χ1) is 9.45. The molecule has 108 valence electrons. The van der Waals surface area contributed by atoms with Crippen LogP contribution >= 0.6 is 15.9 Å². The summed E-state index contributed by atoms with van der Waals surface area (Å²) >= 11 is 3.24. The molecule has 1 aromatic carbocycles. The van der Waals surface area contributed by atoms with Crippen molar-refractivity contribution in [2.75, 3.05) is 11.4 Å². The van der Waals surface area contributed by atoms with Crippen LogP contribution in [0.5, 0.6) is 0 Å². The van der Waals surface area contributed by atoms with E-state index in [1.54, 1.807) is 12.1 Å². The molecule has 0 aromatic heterocycles. The lowest BCUT2D eigenvalue weighted by Gasteiger charge is -2.35. The van der Waals surface area contributed by atoms with Crippen LogP contribution in [0.15, 0.2) is 22.7 Å². The highest BCUT2D eigenvalue weighted by Crippen LogP contribution is 2.31. The van der Waals surface area contributed by atoms with Crippen LogP contribution in [0.1, 0.15) is 20.3 Å². The van der Waals surface area contributed by atoms with Gasteiger partial charge in [0.25, 0.3) is 0 Å². The van der Waals surface area contributed by atoms with Gasteiger partial charge < -0.3 is 5.32 Å². The normalized spacial score (nSPS) is 20.8. The number of nitrogens with zero attached hydrogens (tertiary/aromatic N) is 1. The second kappa shape index (κ2) is 5.91. The minimum Gasteiger partial charge on any atom is -0.342 e. The van der Waals surface area contributed by atoms with Crippen LogP contribution < -0.4 is 10.2 Å². The average molecular weight is 343 g/mol. The quantitative estimate of drug-likeness (QED) is 0.917. The fourth-order valence-electron chi connectivity index (χ4n) is 2.23. The molecule has 1 saturated heterocycles. The number of para-hydroxylation sites is 1. The van der Waals surface area contributed by atoms with Crippen molar-refractivity contribution >= 4 is 33.4 Å². The largest absolute Gasteiger partial charge is 0.342 e. The van der Waals surface area contributed by atoms with Crippen LogP contribution in [0.2, 0.25) is 0 Å². The third kappa shape index (κ3) is 2.70. The molecule has 1 aromatic rings. The number of benzene rings is 1. The van der Waals surface area contributed by atoms with Gasteiger partial charge in [0.2, 0.25) is 11.8 Å². The summed E-state index contributed by atoms with van der Waals surface area (Å²) < 4.78 is 14.5. The average Bonchev–Trinajstić information content (AvgIpc) is 2.41. The fourth-order valence-corrected chi connectivity index (χ4v) is 2.78. The molecule has 6 heteroatoms. The lowest BCUT2D eigenvalue weighted by Crippen LogP contribution is -2.60. The predicted octanol–water partition coefficient (Wildman–Crippen LogP) is 2.47. The molecule has 0 spiro atoms. The number of hydrogen-bond donors (Lipinski definition) is 1. The maximum Gasteiger partial charge on any atom is 0.250 e. The first kappa shape index (κ1) is 15.0. The van der Waals surface area contributed by atoms with Crippen molar-refractivity contribution < 1.29 is 14.0 Å². The highest BCUT2D eigenvalue weighted by Gasteiger charge is 2.37. The van der Waals surface area contributed by atoms with Crippen molar-refractivity contribution in [2.24, 2.45) is 5.92 Å². The molecule has 1 N–H and O–H groups in total. The van der Waals surface area contributed by atoms with Crippen molar-refractivity contribution in [3.63, 3.8) is 0 Å². The Morgan fingerprint density at radius 2 is 2.20 bits per heavy atom. The molecule has 2 atom stereocenters. The number of halogens is 2. The van der Waals surface area contributed by atoms with Gasteiger partial charge >= 0.3 is 0 Å².